The molecule has 6 fully saturated rings. The van der Waals surface area contributed by atoms with Crippen LogP contribution in [0.15, 0.2) is 39.3 Å². The molecule has 338 valence electrons. The van der Waals surface area contributed by atoms with Crippen LogP contribution < -0.4 is 5.63 Å². The van der Waals surface area contributed by atoms with E-state index in [2.05, 4.69) is 19.9 Å². The zero-order valence-corrected chi connectivity index (χ0v) is 34.1. The van der Waals surface area contributed by atoms with E-state index in [0.29, 0.717) is 12.8 Å². The van der Waals surface area contributed by atoms with Gasteiger partial charge in [-0.1, -0.05) is 25.5 Å². The summed E-state index contributed by atoms with van der Waals surface area (Å²) < 4.78 is 40.7. The molecule has 4 heterocycles. The molecule has 1 aromatic rings. The van der Waals surface area contributed by atoms with Gasteiger partial charge >= 0.3 is 5.63 Å². The molecule has 3 aliphatic heterocycles. The molecular formula is C42H62O18. The number of aliphatic hydroxyl groups is 10. The first-order chi connectivity index (χ1) is 28.4. The minimum atomic E-state index is -1.84. The summed E-state index contributed by atoms with van der Waals surface area (Å²) in [6.07, 6.45) is -14.8. The van der Waals surface area contributed by atoms with Gasteiger partial charge in [0.25, 0.3) is 0 Å². The Morgan fingerprint density at radius 3 is 2.07 bits per heavy atom. The molecular weight excluding hydrogens is 792 g/mol. The molecule has 7 aliphatic rings. The summed E-state index contributed by atoms with van der Waals surface area (Å²) in [6, 6.07) is 3.27. The summed E-state index contributed by atoms with van der Waals surface area (Å²) in [5.74, 6) is 0.351. The van der Waals surface area contributed by atoms with Gasteiger partial charge in [0, 0.05) is 11.5 Å². The van der Waals surface area contributed by atoms with Crippen LogP contribution in [0.4, 0.5) is 0 Å². The van der Waals surface area contributed by atoms with Crippen molar-refractivity contribution in [2.24, 2.45) is 22.7 Å². The zero-order valence-electron chi connectivity index (χ0n) is 34.1. The maximum Gasteiger partial charge on any atom is 0.335 e. The molecule has 18 nitrogen and oxygen atoms in total. The highest BCUT2D eigenvalue weighted by Crippen LogP contribution is 2.70. The number of aliphatic hydroxyl groups excluding tert-OH is 9. The minimum Gasteiger partial charge on any atom is -0.431 e. The standard InChI is InChI=1S/C42H62O18/c1-18-28(46)31(49)33(51)37(55-18)60-36-32(50)29(47)25(15-43)58-39(36)59-35-30(48)26(16-44)57-38(34(35)52)56-21-8-11-40(2)20(14-21)5-6-24-23(40)9-12-41(3)22(10-13-42(24,41)53)19-4-7-27(45)54-17-19/h4,7,14,17-18,21-26,28-39,43-44,46-53H,5-6,8-13,15-16H2,1-3H3/t18?,21-,22+,23?,24+,25?,26?,28?,29?,30?,31?,32?,33?,34?,35?,36?,37?,38?,39?,40-,41+,42-/m1/s1. The normalized spacial score (nSPS) is 51.9. The molecule has 60 heavy (non-hydrogen) atoms. The van der Waals surface area contributed by atoms with Gasteiger partial charge in [-0.15, -0.1) is 0 Å². The van der Waals surface area contributed by atoms with Crippen molar-refractivity contribution in [3.05, 3.63) is 46.0 Å². The van der Waals surface area contributed by atoms with E-state index in [0.717, 1.165) is 44.1 Å². The third-order valence-corrected chi connectivity index (χ3v) is 15.7. The maximum absolute atomic E-state index is 12.6. The molecule has 0 spiro atoms. The van der Waals surface area contributed by atoms with Crippen molar-refractivity contribution < 1.29 is 83.9 Å². The smallest absolute Gasteiger partial charge is 0.335 e. The van der Waals surface area contributed by atoms with Crippen molar-refractivity contribution in [2.45, 2.75) is 182 Å². The van der Waals surface area contributed by atoms with E-state index >= 15 is 0 Å². The molecule has 8 rings (SSSR count). The minimum absolute atomic E-state index is 0.0673. The highest BCUT2D eigenvalue weighted by molar-refractivity contribution is 5.31. The highest BCUT2D eigenvalue weighted by atomic mass is 16.8. The largest absolute Gasteiger partial charge is 0.431 e. The molecule has 3 saturated heterocycles. The quantitative estimate of drug-likeness (QED) is 0.129. The van der Waals surface area contributed by atoms with Crippen LogP contribution in [0, 0.1) is 22.7 Å². The fourth-order valence-electron chi connectivity index (χ4n) is 12.1. The molecule has 18 heteroatoms. The van der Waals surface area contributed by atoms with Crippen LogP contribution >= 0.6 is 0 Å². The highest BCUT2D eigenvalue weighted by Gasteiger charge is 2.67. The molecule has 22 atom stereocenters. The lowest BCUT2D eigenvalue weighted by molar-refractivity contribution is -0.388. The van der Waals surface area contributed by atoms with Gasteiger partial charge in [-0.3, -0.25) is 0 Å². The molecule has 16 unspecified atom stereocenters. The third kappa shape index (κ3) is 7.35. The van der Waals surface area contributed by atoms with Crippen LogP contribution in [0.5, 0.6) is 0 Å². The molecule has 3 saturated carbocycles. The Bertz CT molecular complexity index is 1740. The second kappa shape index (κ2) is 16.9. The Hall–Kier alpha value is -1.95. The molecule has 0 bridgehead atoms. The number of ether oxygens (including phenoxy) is 6. The van der Waals surface area contributed by atoms with Crippen molar-refractivity contribution in [3.63, 3.8) is 0 Å². The summed E-state index contributed by atoms with van der Waals surface area (Å²) in [7, 11) is 0. The van der Waals surface area contributed by atoms with Crippen LogP contribution in [0.2, 0.25) is 0 Å². The van der Waals surface area contributed by atoms with E-state index in [9.17, 15) is 55.9 Å². The molecule has 10 N–H and O–H groups in total. The predicted molar refractivity (Wildman–Crippen MR) is 203 cm³/mol. The average molecular weight is 855 g/mol. The van der Waals surface area contributed by atoms with Crippen LogP contribution in [-0.2, 0) is 28.4 Å². The van der Waals surface area contributed by atoms with Crippen molar-refractivity contribution in [3.8, 4) is 0 Å². The monoisotopic (exact) mass is 854 g/mol. The second-order valence-corrected chi connectivity index (χ2v) is 18.7. The lowest BCUT2D eigenvalue weighted by atomic mass is 9.45. The SMILES string of the molecule is CC1OC(OC2C(OC3C(O)C(CO)OC(O[C@H]4C=C5CC[C@H]6C(CC[C@@]7(C)[C@H](c8ccc(=O)oc8)CC[C@@]67O)[C@]5(C)CC4)C3O)OC(CO)C(O)C2O)C(O)C(O)C1O. The van der Waals surface area contributed by atoms with Crippen LogP contribution in [0.1, 0.15) is 83.6 Å². The lowest BCUT2D eigenvalue weighted by Gasteiger charge is -2.62. The summed E-state index contributed by atoms with van der Waals surface area (Å²) in [4.78, 5) is 11.7. The summed E-state index contributed by atoms with van der Waals surface area (Å²) >= 11 is 0. The van der Waals surface area contributed by atoms with E-state index in [4.69, 9.17) is 32.8 Å². The Labute approximate surface area is 347 Å². The first-order valence-electron chi connectivity index (χ1n) is 21.4. The van der Waals surface area contributed by atoms with Crippen LogP contribution in [0.25, 0.3) is 0 Å². The molecule has 0 amide bonds. The van der Waals surface area contributed by atoms with Gasteiger partial charge in [-0.2, -0.15) is 0 Å². The van der Waals surface area contributed by atoms with Gasteiger partial charge in [0.2, 0.25) is 0 Å². The molecule has 0 radical (unpaired) electrons. The second-order valence-electron chi connectivity index (χ2n) is 18.7. The summed E-state index contributed by atoms with van der Waals surface area (Å²) in [5, 5.41) is 109. The van der Waals surface area contributed by atoms with Gasteiger partial charge in [0.1, 0.15) is 67.1 Å². The fourth-order valence-corrected chi connectivity index (χ4v) is 12.1. The summed E-state index contributed by atoms with van der Waals surface area (Å²) in [5.41, 5.74) is 0.246. The van der Waals surface area contributed by atoms with Gasteiger partial charge in [-0.25, -0.2) is 4.79 Å². The first kappa shape index (κ1) is 44.6. The van der Waals surface area contributed by atoms with Crippen molar-refractivity contribution in [1.29, 1.82) is 0 Å². The molecule has 0 aromatic carbocycles. The van der Waals surface area contributed by atoms with E-state index in [1.165, 1.54) is 18.6 Å². The Kier molecular flexibility index (Phi) is 12.6. The topological polar surface area (TPSA) is 288 Å². The fraction of sp³-hybridized carbons (Fsp3) is 0.833. The van der Waals surface area contributed by atoms with Crippen molar-refractivity contribution >= 4 is 0 Å². The number of hydrogen-bond acceptors (Lipinski definition) is 18. The van der Waals surface area contributed by atoms with E-state index in [1.807, 2.05) is 6.07 Å². The number of fused-ring (bicyclic) bond motifs is 5. The average Bonchev–Trinajstić information content (AvgIpc) is 3.51. The number of rotatable bonds is 9. The Morgan fingerprint density at radius 2 is 1.37 bits per heavy atom. The van der Waals surface area contributed by atoms with Gasteiger partial charge < -0.3 is 83.9 Å². The Balaban J connectivity index is 0.977. The van der Waals surface area contributed by atoms with E-state index in [-0.39, 0.29) is 28.6 Å². The Morgan fingerprint density at radius 1 is 0.683 bits per heavy atom. The summed E-state index contributed by atoms with van der Waals surface area (Å²) in [6.45, 7) is 4.39. The molecule has 4 aliphatic carbocycles. The van der Waals surface area contributed by atoms with Crippen molar-refractivity contribution in [1.82, 2.24) is 0 Å². The first-order valence-corrected chi connectivity index (χ1v) is 21.4. The lowest BCUT2D eigenvalue weighted by Crippen LogP contribution is -2.67. The zero-order chi connectivity index (χ0) is 43.1. The van der Waals surface area contributed by atoms with E-state index in [1.54, 1.807) is 6.26 Å². The molecule has 1 aromatic heterocycles. The van der Waals surface area contributed by atoms with Gasteiger partial charge in [-0.05, 0) is 93.1 Å². The van der Waals surface area contributed by atoms with E-state index < -0.39 is 123 Å². The van der Waals surface area contributed by atoms with Crippen molar-refractivity contribution in [2.75, 3.05) is 13.2 Å². The predicted octanol–water partition coefficient (Wildman–Crippen LogP) is -1.34. The number of hydrogen-bond donors (Lipinski definition) is 10. The van der Waals surface area contributed by atoms with Crippen LogP contribution in [0.3, 0.4) is 0 Å². The maximum atomic E-state index is 12.6. The number of allylic oxidation sites excluding steroid dienone is 1. The third-order valence-electron chi connectivity index (χ3n) is 15.7. The van der Waals surface area contributed by atoms with Crippen LogP contribution in [-0.4, -0.2) is 168 Å². The van der Waals surface area contributed by atoms with Gasteiger partial charge in [0.15, 0.2) is 18.9 Å². The van der Waals surface area contributed by atoms with Gasteiger partial charge in [0.05, 0.1) is 37.3 Å².